The summed E-state index contributed by atoms with van der Waals surface area (Å²) >= 11 is 6.76. The lowest BCUT2D eigenvalue weighted by molar-refractivity contribution is 0.558. The van der Waals surface area contributed by atoms with E-state index in [0.29, 0.717) is 5.25 Å². The summed E-state index contributed by atoms with van der Waals surface area (Å²) in [6.07, 6.45) is 0. The monoisotopic (exact) mass is 161 g/mol. The van der Waals surface area contributed by atoms with Crippen LogP contribution in [0.2, 0.25) is 0 Å². The third kappa shape index (κ3) is 1.83. The van der Waals surface area contributed by atoms with E-state index in [9.17, 15) is 0 Å². The maximum absolute atomic E-state index is 4.99. The fraction of sp³-hybridized carbons (Fsp3) is 0.833. The minimum absolute atomic E-state index is 0.693. The second-order valence-electron chi connectivity index (χ2n) is 2.47. The Kier molecular flexibility index (Phi) is 2.35. The zero-order chi connectivity index (χ0) is 6.85. The van der Waals surface area contributed by atoms with Crippen molar-refractivity contribution in [1.82, 2.24) is 5.32 Å². The molecule has 0 aromatic heterocycles. The summed E-state index contributed by atoms with van der Waals surface area (Å²) in [6, 6.07) is 0. The Morgan fingerprint density at radius 3 is 2.78 bits per heavy atom. The van der Waals surface area contributed by atoms with Crippen LogP contribution in [0.15, 0.2) is 0 Å². The van der Waals surface area contributed by atoms with E-state index < -0.39 is 0 Å². The van der Waals surface area contributed by atoms with Gasteiger partial charge in [-0.2, -0.15) is 0 Å². The van der Waals surface area contributed by atoms with Crippen molar-refractivity contribution in [3.63, 3.8) is 0 Å². The van der Waals surface area contributed by atoms with Gasteiger partial charge in [-0.3, -0.25) is 0 Å². The van der Waals surface area contributed by atoms with E-state index in [1.807, 2.05) is 0 Å². The molecular formula is C6H11NS2. The van der Waals surface area contributed by atoms with Gasteiger partial charge in [0.2, 0.25) is 0 Å². The van der Waals surface area contributed by atoms with Crippen LogP contribution in [0.25, 0.3) is 0 Å². The molecule has 9 heavy (non-hydrogen) atoms. The Balaban J connectivity index is 2.44. The molecule has 2 atom stereocenters. The van der Waals surface area contributed by atoms with E-state index in [0.717, 1.165) is 16.8 Å². The topological polar surface area (TPSA) is 12.0 Å². The molecule has 0 spiro atoms. The van der Waals surface area contributed by atoms with Gasteiger partial charge < -0.3 is 5.32 Å². The minimum atomic E-state index is 0.693. The molecule has 0 amide bonds. The van der Waals surface area contributed by atoms with Gasteiger partial charge in [0, 0.05) is 11.8 Å². The van der Waals surface area contributed by atoms with Crippen molar-refractivity contribution in [3.8, 4) is 0 Å². The first-order valence-electron chi connectivity index (χ1n) is 3.14. The van der Waals surface area contributed by atoms with Gasteiger partial charge in [-0.05, 0) is 5.92 Å². The van der Waals surface area contributed by atoms with Gasteiger partial charge in [-0.1, -0.05) is 37.8 Å². The number of thiocarbonyl (C=S) groups is 1. The molecule has 0 radical (unpaired) electrons. The zero-order valence-corrected chi connectivity index (χ0v) is 7.31. The predicted molar refractivity (Wildman–Crippen MR) is 46.8 cm³/mol. The minimum Gasteiger partial charge on any atom is -0.371 e. The van der Waals surface area contributed by atoms with E-state index in [-0.39, 0.29) is 0 Å². The molecule has 1 aliphatic heterocycles. The first-order valence-corrected chi connectivity index (χ1v) is 4.43. The normalized spacial score (nSPS) is 36.0. The second-order valence-corrected chi connectivity index (χ2v) is 4.52. The Hall–Kier alpha value is 0.240. The highest BCUT2D eigenvalue weighted by Gasteiger charge is 2.19. The number of hydrogen-bond donors (Lipinski definition) is 1. The highest BCUT2D eigenvalue weighted by atomic mass is 32.2. The summed E-state index contributed by atoms with van der Waals surface area (Å²) in [5, 5.41) is 3.85. The van der Waals surface area contributed by atoms with Crippen LogP contribution in [0, 0.1) is 5.92 Å². The van der Waals surface area contributed by atoms with Crippen molar-refractivity contribution in [3.05, 3.63) is 0 Å². The van der Waals surface area contributed by atoms with Crippen molar-refractivity contribution in [2.75, 3.05) is 6.54 Å². The first-order chi connectivity index (χ1) is 4.20. The number of nitrogens with one attached hydrogen (secondary N) is 1. The molecule has 0 aliphatic carbocycles. The fourth-order valence-electron chi connectivity index (χ4n) is 0.737. The number of thioether (sulfide) groups is 1. The highest BCUT2D eigenvalue weighted by molar-refractivity contribution is 8.23. The average Bonchev–Trinajstić information content (AvgIpc) is 1.80. The van der Waals surface area contributed by atoms with E-state index >= 15 is 0 Å². The zero-order valence-electron chi connectivity index (χ0n) is 5.68. The molecule has 1 saturated heterocycles. The molecule has 0 bridgehead atoms. The quantitative estimate of drug-likeness (QED) is 0.542. The number of hydrogen-bond acceptors (Lipinski definition) is 2. The van der Waals surface area contributed by atoms with Crippen molar-refractivity contribution in [1.29, 1.82) is 0 Å². The maximum Gasteiger partial charge on any atom is 0.134 e. The van der Waals surface area contributed by atoms with E-state index in [4.69, 9.17) is 12.2 Å². The summed E-state index contributed by atoms with van der Waals surface area (Å²) in [4.78, 5) is 0. The first kappa shape index (κ1) is 7.35. The van der Waals surface area contributed by atoms with Crippen LogP contribution in [-0.2, 0) is 0 Å². The van der Waals surface area contributed by atoms with Crippen molar-refractivity contribution < 1.29 is 0 Å². The largest absolute Gasteiger partial charge is 0.371 e. The lowest BCUT2D eigenvalue weighted by atomic mass is 10.1. The molecule has 0 aromatic rings. The standard InChI is InChI=1S/C6H11NS2/c1-4-3-7-6(8)9-5(4)2/h4-5H,3H2,1-2H3,(H,7,8)/t4-,5+/m1/s1. The SMILES string of the molecule is C[C@@H]1CNC(=S)S[C@H]1C. The van der Waals surface area contributed by atoms with Crippen LogP contribution in [0.5, 0.6) is 0 Å². The molecule has 0 aromatic carbocycles. The van der Waals surface area contributed by atoms with E-state index in [2.05, 4.69) is 19.2 Å². The molecule has 52 valence electrons. The van der Waals surface area contributed by atoms with Crippen molar-refractivity contribution in [2.45, 2.75) is 19.1 Å². The molecule has 1 heterocycles. The van der Waals surface area contributed by atoms with Crippen LogP contribution in [0.4, 0.5) is 0 Å². The molecule has 0 unspecified atom stereocenters. The van der Waals surface area contributed by atoms with Gasteiger partial charge in [-0.25, -0.2) is 0 Å². The van der Waals surface area contributed by atoms with Gasteiger partial charge in [0.15, 0.2) is 0 Å². The Labute approximate surface area is 65.6 Å². The third-order valence-corrected chi connectivity index (χ3v) is 3.29. The highest BCUT2D eigenvalue weighted by Crippen LogP contribution is 2.23. The van der Waals surface area contributed by atoms with Crippen molar-refractivity contribution in [2.24, 2.45) is 5.92 Å². The van der Waals surface area contributed by atoms with E-state index in [1.165, 1.54) is 0 Å². The second kappa shape index (κ2) is 2.88. The predicted octanol–water partition coefficient (Wildman–Crippen LogP) is 1.63. The van der Waals surface area contributed by atoms with Crippen LogP contribution in [0.3, 0.4) is 0 Å². The number of rotatable bonds is 0. The summed E-state index contributed by atoms with van der Waals surface area (Å²) < 4.78 is 0.959. The summed E-state index contributed by atoms with van der Waals surface area (Å²) in [5.74, 6) is 0.752. The summed E-state index contributed by atoms with van der Waals surface area (Å²) in [5.41, 5.74) is 0. The third-order valence-electron chi connectivity index (χ3n) is 1.66. The summed E-state index contributed by atoms with van der Waals surface area (Å²) in [7, 11) is 0. The van der Waals surface area contributed by atoms with Crippen LogP contribution >= 0.6 is 24.0 Å². The molecule has 0 saturated carbocycles. The summed E-state index contributed by atoms with van der Waals surface area (Å²) in [6.45, 7) is 5.52. The molecule has 1 fully saturated rings. The van der Waals surface area contributed by atoms with Gasteiger partial charge in [0.25, 0.3) is 0 Å². The molecule has 1 N–H and O–H groups in total. The van der Waals surface area contributed by atoms with Crippen LogP contribution < -0.4 is 5.32 Å². The smallest absolute Gasteiger partial charge is 0.134 e. The Morgan fingerprint density at radius 1 is 1.67 bits per heavy atom. The van der Waals surface area contributed by atoms with Crippen molar-refractivity contribution >= 4 is 28.3 Å². The molecule has 3 heteroatoms. The lowest BCUT2D eigenvalue weighted by Gasteiger charge is -2.26. The maximum atomic E-state index is 4.99. The van der Waals surface area contributed by atoms with Crippen LogP contribution in [0.1, 0.15) is 13.8 Å². The Morgan fingerprint density at radius 2 is 2.33 bits per heavy atom. The molecule has 1 rings (SSSR count). The molecular weight excluding hydrogens is 150 g/mol. The van der Waals surface area contributed by atoms with Gasteiger partial charge >= 0.3 is 0 Å². The van der Waals surface area contributed by atoms with Gasteiger partial charge in [-0.15, -0.1) is 0 Å². The van der Waals surface area contributed by atoms with Gasteiger partial charge in [0.1, 0.15) is 4.32 Å². The van der Waals surface area contributed by atoms with E-state index in [1.54, 1.807) is 11.8 Å². The lowest BCUT2D eigenvalue weighted by Crippen LogP contribution is -2.35. The Bertz CT molecular complexity index is 124. The average molecular weight is 161 g/mol. The fourth-order valence-corrected chi connectivity index (χ4v) is 2.11. The van der Waals surface area contributed by atoms with Gasteiger partial charge in [0.05, 0.1) is 0 Å². The molecule has 1 nitrogen and oxygen atoms in total. The van der Waals surface area contributed by atoms with Crippen LogP contribution in [-0.4, -0.2) is 16.1 Å². The molecule has 1 aliphatic rings.